The summed E-state index contributed by atoms with van der Waals surface area (Å²) in [6.07, 6.45) is 8.07. The second-order valence-electron chi connectivity index (χ2n) is 6.93. The van der Waals surface area contributed by atoms with Crippen molar-refractivity contribution in [1.29, 1.82) is 0 Å². The monoisotopic (exact) mass is 450 g/mol. The first-order valence-electron chi connectivity index (χ1n) is 9.45. The minimum atomic E-state index is -3.39. The van der Waals surface area contributed by atoms with Crippen LogP contribution in [0.5, 0.6) is 0 Å². The third-order valence-electron chi connectivity index (χ3n) is 4.73. The van der Waals surface area contributed by atoms with Crippen LogP contribution in [0.15, 0.2) is 96.4 Å². The summed E-state index contributed by atoms with van der Waals surface area (Å²) in [6, 6.07) is 19.4. The first-order valence-corrected chi connectivity index (χ1v) is 11.7. The van der Waals surface area contributed by atoms with E-state index in [-0.39, 0.29) is 4.90 Å². The van der Waals surface area contributed by atoms with E-state index in [2.05, 4.69) is 15.0 Å². The van der Waals surface area contributed by atoms with Gasteiger partial charge in [-0.15, -0.1) is 0 Å². The number of hydrogen-bond donors (Lipinski definition) is 0. The number of hydrogen-bond acceptors (Lipinski definition) is 6. The molecular formula is C23H19ClN4O2S. The van der Waals surface area contributed by atoms with E-state index >= 15 is 0 Å². The summed E-state index contributed by atoms with van der Waals surface area (Å²) < 4.78 is 24.5. The Morgan fingerprint density at radius 2 is 1.58 bits per heavy atom. The molecule has 0 N–H and O–H groups in total. The maximum atomic E-state index is 12.2. The molecule has 3 heterocycles. The Morgan fingerprint density at radius 3 is 2.23 bits per heavy atom. The second kappa shape index (κ2) is 8.83. The topological polar surface area (TPSA) is 76.1 Å². The van der Waals surface area contributed by atoms with Crippen LogP contribution in [0.25, 0.3) is 0 Å². The van der Waals surface area contributed by atoms with Crippen LogP contribution in [0.4, 0.5) is 11.5 Å². The third-order valence-corrected chi connectivity index (χ3v) is 6.05. The lowest BCUT2D eigenvalue weighted by Crippen LogP contribution is -2.26. The normalized spacial score (nSPS) is 12.3. The lowest BCUT2D eigenvalue weighted by atomic mass is 9.97. The van der Waals surface area contributed by atoms with Crippen LogP contribution in [-0.2, 0) is 9.84 Å². The smallest absolute Gasteiger partial charge is 0.175 e. The highest BCUT2D eigenvalue weighted by Gasteiger charge is 2.27. The molecule has 0 fully saturated rings. The maximum Gasteiger partial charge on any atom is 0.175 e. The molecule has 1 aromatic carbocycles. The number of anilines is 2. The van der Waals surface area contributed by atoms with Crippen LogP contribution in [-0.4, -0.2) is 29.6 Å². The Labute approximate surface area is 186 Å². The fraction of sp³-hybridized carbons (Fsp3) is 0.0870. The molecule has 31 heavy (non-hydrogen) atoms. The van der Waals surface area contributed by atoms with E-state index < -0.39 is 15.9 Å². The molecule has 0 bridgehead atoms. The van der Waals surface area contributed by atoms with Gasteiger partial charge >= 0.3 is 0 Å². The number of halogens is 1. The predicted molar refractivity (Wildman–Crippen MR) is 121 cm³/mol. The highest BCUT2D eigenvalue weighted by Crippen LogP contribution is 2.38. The Kier molecular flexibility index (Phi) is 5.97. The number of benzene rings is 1. The maximum absolute atomic E-state index is 12.2. The van der Waals surface area contributed by atoms with Crippen LogP contribution >= 0.6 is 11.6 Å². The molecule has 0 saturated heterocycles. The molecule has 156 valence electrons. The zero-order valence-corrected chi connectivity index (χ0v) is 18.2. The minimum Gasteiger partial charge on any atom is -0.313 e. The van der Waals surface area contributed by atoms with E-state index in [1.54, 1.807) is 49.1 Å². The summed E-state index contributed by atoms with van der Waals surface area (Å²) in [6.45, 7) is 0. The van der Waals surface area contributed by atoms with Gasteiger partial charge in [-0.05, 0) is 53.6 Å². The van der Waals surface area contributed by atoms with E-state index in [9.17, 15) is 8.42 Å². The molecule has 8 heteroatoms. The van der Waals surface area contributed by atoms with Gasteiger partial charge in [0.05, 0.1) is 22.8 Å². The van der Waals surface area contributed by atoms with Crippen molar-refractivity contribution in [2.75, 3.05) is 11.2 Å². The van der Waals surface area contributed by atoms with Gasteiger partial charge < -0.3 is 4.90 Å². The first-order chi connectivity index (χ1) is 14.9. The van der Waals surface area contributed by atoms with E-state index in [4.69, 9.17) is 11.6 Å². The minimum absolute atomic E-state index is 0.240. The van der Waals surface area contributed by atoms with Gasteiger partial charge in [0.1, 0.15) is 11.0 Å². The lowest BCUT2D eigenvalue weighted by molar-refractivity contribution is 0.601. The van der Waals surface area contributed by atoms with Crippen LogP contribution in [0.1, 0.15) is 17.2 Å². The van der Waals surface area contributed by atoms with Crippen LogP contribution in [0, 0.1) is 0 Å². The van der Waals surface area contributed by atoms with Gasteiger partial charge in [-0.1, -0.05) is 35.9 Å². The summed E-state index contributed by atoms with van der Waals surface area (Å²) in [5.41, 5.74) is 2.40. The molecule has 0 amide bonds. The molecule has 0 radical (unpaired) electrons. The number of aromatic nitrogens is 3. The molecular weight excluding hydrogens is 432 g/mol. The highest BCUT2D eigenvalue weighted by atomic mass is 35.5. The van der Waals surface area contributed by atoms with Crippen LogP contribution < -0.4 is 4.90 Å². The molecule has 0 saturated carbocycles. The predicted octanol–water partition coefficient (Wildman–Crippen LogP) is 4.86. The number of rotatable bonds is 6. The molecule has 4 aromatic rings. The molecule has 4 rings (SSSR count). The van der Waals surface area contributed by atoms with E-state index in [1.807, 2.05) is 47.4 Å². The van der Waals surface area contributed by atoms with Crippen molar-refractivity contribution < 1.29 is 8.42 Å². The number of sulfone groups is 1. The second-order valence-corrected chi connectivity index (χ2v) is 9.34. The number of pyridine rings is 3. The molecule has 0 aliphatic carbocycles. The van der Waals surface area contributed by atoms with E-state index in [0.29, 0.717) is 11.0 Å². The Hall–Kier alpha value is -3.29. The van der Waals surface area contributed by atoms with Crippen molar-refractivity contribution in [2.24, 2.45) is 0 Å². The molecule has 0 aliphatic heterocycles. The number of nitrogens with zero attached hydrogens (tertiary/aromatic N) is 4. The molecule has 3 aromatic heterocycles. The third kappa shape index (κ3) is 4.73. The summed E-state index contributed by atoms with van der Waals surface area (Å²) in [5, 5.41) is 0.348. The Bertz CT molecular complexity index is 1290. The Morgan fingerprint density at radius 1 is 0.871 bits per heavy atom. The van der Waals surface area contributed by atoms with Gasteiger partial charge in [-0.25, -0.2) is 13.4 Å². The average molecular weight is 451 g/mol. The molecule has 6 nitrogen and oxygen atoms in total. The SMILES string of the molecule is CS(=O)(=O)c1cccc(C(c2cccnc2)N(c2cccnc2)c2cccc(Cl)n2)c1. The van der Waals surface area contributed by atoms with Crippen molar-refractivity contribution in [3.05, 3.63) is 108 Å². The zero-order valence-electron chi connectivity index (χ0n) is 16.6. The fourth-order valence-electron chi connectivity index (χ4n) is 3.39. The van der Waals surface area contributed by atoms with Gasteiger partial charge in [0.2, 0.25) is 0 Å². The summed E-state index contributed by atoms with van der Waals surface area (Å²) >= 11 is 6.21. The van der Waals surface area contributed by atoms with Crippen molar-refractivity contribution in [2.45, 2.75) is 10.9 Å². The van der Waals surface area contributed by atoms with Crippen LogP contribution in [0.3, 0.4) is 0 Å². The zero-order chi connectivity index (χ0) is 21.8. The molecule has 0 aliphatic rings. The largest absolute Gasteiger partial charge is 0.313 e. The van der Waals surface area contributed by atoms with E-state index in [1.165, 1.54) is 6.26 Å². The Balaban J connectivity index is 1.98. The van der Waals surface area contributed by atoms with Crippen molar-refractivity contribution in [3.8, 4) is 0 Å². The van der Waals surface area contributed by atoms with E-state index in [0.717, 1.165) is 16.8 Å². The van der Waals surface area contributed by atoms with Crippen molar-refractivity contribution in [3.63, 3.8) is 0 Å². The average Bonchev–Trinajstić information content (AvgIpc) is 2.78. The summed E-state index contributed by atoms with van der Waals surface area (Å²) in [4.78, 5) is 15.3. The van der Waals surface area contributed by atoms with Crippen molar-refractivity contribution in [1.82, 2.24) is 15.0 Å². The standard InChI is InChI=1S/C23H19ClN4O2S/c1-31(29,30)20-9-2-6-17(14-20)23(18-7-4-12-25-15-18)28(19-8-5-13-26-16-19)22-11-3-10-21(24)27-22/h2-16,23H,1H3. The van der Waals surface area contributed by atoms with Gasteiger partial charge in [-0.2, -0.15) is 0 Å². The van der Waals surface area contributed by atoms with Gasteiger partial charge in [0.25, 0.3) is 0 Å². The van der Waals surface area contributed by atoms with Crippen molar-refractivity contribution >= 4 is 32.9 Å². The fourth-order valence-corrected chi connectivity index (χ4v) is 4.22. The van der Waals surface area contributed by atoms with Gasteiger partial charge in [-0.3, -0.25) is 9.97 Å². The van der Waals surface area contributed by atoms with Gasteiger partial charge in [0, 0.05) is 24.8 Å². The quantitative estimate of drug-likeness (QED) is 0.390. The summed E-state index contributed by atoms with van der Waals surface area (Å²) in [5.74, 6) is 0.596. The molecule has 0 spiro atoms. The first kappa shape index (κ1) is 21.0. The molecule has 1 unspecified atom stereocenters. The lowest BCUT2D eigenvalue weighted by Gasteiger charge is -2.33. The summed E-state index contributed by atoms with van der Waals surface area (Å²) in [7, 11) is -3.39. The molecule has 1 atom stereocenters. The van der Waals surface area contributed by atoms with Crippen LogP contribution in [0.2, 0.25) is 5.15 Å². The van der Waals surface area contributed by atoms with Gasteiger partial charge in [0.15, 0.2) is 9.84 Å². The highest BCUT2D eigenvalue weighted by molar-refractivity contribution is 7.90.